The highest BCUT2D eigenvalue weighted by Gasteiger charge is 2.30. The fraction of sp³-hybridized carbons (Fsp3) is 0.143. The summed E-state index contributed by atoms with van der Waals surface area (Å²) in [5, 5.41) is 0. The Hall–Kier alpha value is -3.00. The van der Waals surface area contributed by atoms with Crippen LogP contribution in [0.5, 0.6) is 17.2 Å². The quantitative estimate of drug-likeness (QED) is 0.495. The molecule has 3 rings (SSSR count). The number of hydrogen-bond donors (Lipinski definition) is 3. The molecule has 0 radical (unpaired) electrons. The standard InChI is InChI=1S/C21H24BN3O3/c23-13-16-1-7-19(8-2-16)26-22(27-20-9-3-17(14-24)4-10-20)28-21-11-5-18(15-25)6-12-21/h1-12H,13-15,23-25H2. The van der Waals surface area contributed by atoms with Gasteiger partial charge in [-0.25, -0.2) is 0 Å². The molecule has 3 aromatic carbocycles. The van der Waals surface area contributed by atoms with Crippen molar-refractivity contribution in [2.24, 2.45) is 17.2 Å². The lowest BCUT2D eigenvalue weighted by Gasteiger charge is -2.17. The Morgan fingerprint density at radius 1 is 0.464 bits per heavy atom. The van der Waals surface area contributed by atoms with Gasteiger partial charge in [0.05, 0.1) is 0 Å². The first-order valence-electron chi connectivity index (χ1n) is 9.07. The molecule has 6 N–H and O–H groups in total. The molecule has 0 unspecified atom stereocenters. The first-order valence-corrected chi connectivity index (χ1v) is 9.07. The van der Waals surface area contributed by atoms with Crippen LogP contribution in [0.15, 0.2) is 72.8 Å². The molecule has 0 aromatic heterocycles. The van der Waals surface area contributed by atoms with Gasteiger partial charge in [0.25, 0.3) is 0 Å². The van der Waals surface area contributed by atoms with Crippen LogP contribution in [-0.2, 0) is 19.6 Å². The Bertz CT molecular complexity index is 738. The van der Waals surface area contributed by atoms with Crippen LogP contribution in [0.1, 0.15) is 16.7 Å². The number of nitrogens with two attached hydrogens (primary N) is 3. The van der Waals surface area contributed by atoms with Gasteiger partial charge in [-0.2, -0.15) is 0 Å². The first-order chi connectivity index (χ1) is 13.7. The van der Waals surface area contributed by atoms with E-state index >= 15 is 0 Å². The van der Waals surface area contributed by atoms with Gasteiger partial charge in [-0.15, -0.1) is 0 Å². The number of benzene rings is 3. The van der Waals surface area contributed by atoms with E-state index in [4.69, 9.17) is 31.2 Å². The van der Waals surface area contributed by atoms with E-state index < -0.39 is 7.32 Å². The second kappa shape index (κ2) is 9.80. The maximum atomic E-state index is 5.90. The van der Waals surface area contributed by atoms with Gasteiger partial charge >= 0.3 is 7.32 Å². The highest BCUT2D eigenvalue weighted by atomic mass is 16.7. The summed E-state index contributed by atoms with van der Waals surface area (Å²) in [6.45, 7) is 1.41. The van der Waals surface area contributed by atoms with Crippen molar-refractivity contribution in [2.75, 3.05) is 0 Å². The Morgan fingerprint density at radius 3 is 0.929 bits per heavy atom. The fourth-order valence-corrected chi connectivity index (χ4v) is 2.52. The molecule has 3 aromatic rings. The average Bonchev–Trinajstić information content (AvgIpc) is 2.75. The average molecular weight is 377 g/mol. The normalized spacial score (nSPS) is 10.4. The van der Waals surface area contributed by atoms with Gasteiger partial charge in [-0.3, -0.25) is 0 Å². The molecule has 28 heavy (non-hydrogen) atoms. The summed E-state index contributed by atoms with van der Waals surface area (Å²) in [4.78, 5) is 0. The Morgan fingerprint density at radius 2 is 0.714 bits per heavy atom. The van der Waals surface area contributed by atoms with E-state index in [-0.39, 0.29) is 0 Å². The number of hydrogen-bond acceptors (Lipinski definition) is 6. The monoisotopic (exact) mass is 377 g/mol. The van der Waals surface area contributed by atoms with Crippen LogP contribution in [-0.4, -0.2) is 7.32 Å². The van der Waals surface area contributed by atoms with Crippen molar-refractivity contribution in [3.05, 3.63) is 89.5 Å². The third-order valence-corrected chi connectivity index (χ3v) is 4.17. The highest BCUT2D eigenvalue weighted by molar-refractivity contribution is 6.39. The van der Waals surface area contributed by atoms with E-state index in [0.717, 1.165) is 16.7 Å². The van der Waals surface area contributed by atoms with Gasteiger partial charge in [-0.05, 0) is 53.1 Å². The van der Waals surface area contributed by atoms with Gasteiger partial charge in [0.15, 0.2) is 0 Å². The summed E-state index contributed by atoms with van der Waals surface area (Å²) in [5.41, 5.74) is 20.0. The Balaban J connectivity index is 1.76. The summed E-state index contributed by atoms with van der Waals surface area (Å²) >= 11 is 0. The maximum absolute atomic E-state index is 5.90. The third-order valence-electron chi connectivity index (χ3n) is 4.17. The first kappa shape index (κ1) is 19.8. The summed E-state index contributed by atoms with van der Waals surface area (Å²) in [6, 6.07) is 22.4. The summed E-state index contributed by atoms with van der Waals surface area (Å²) in [5.74, 6) is 1.83. The third kappa shape index (κ3) is 5.50. The van der Waals surface area contributed by atoms with Crippen LogP contribution in [0.25, 0.3) is 0 Å². The largest absolute Gasteiger partial charge is 0.864 e. The van der Waals surface area contributed by atoms with Crippen LogP contribution in [0.3, 0.4) is 0 Å². The van der Waals surface area contributed by atoms with Gasteiger partial charge in [-0.1, -0.05) is 36.4 Å². The zero-order chi connectivity index (χ0) is 19.8. The van der Waals surface area contributed by atoms with Gasteiger partial charge in [0.2, 0.25) is 0 Å². The van der Waals surface area contributed by atoms with Crippen molar-refractivity contribution in [3.8, 4) is 17.2 Å². The lowest BCUT2D eigenvalue weighted by Crippen LogP contribution is -2.37. The van der Waals surface area contributed by atoms with Crippen LogP contribution in [0.4, 0.5) is 0 Å². The SMILES string of the molecule is NCc1ccc(OB(Oc2ccc(CN)cc2)Oc2ccc(CN)cc2)cc1. The molecule has 0 atom stereocenters. The van der Waals surface area contributed by atoms with E-state index in [9.17, 15) is 0 Å². The molecule has 0 aliphatic rings. The van der Waals surface area contributed by atoms with Crippen molar-refractivity contribution in [1.29, 1.82) is 0 Å². The van der Waals surface area contributed by atoms with Crippen LogP contribution < -0.4 is 31.2 Å². The predicted octanol–water partition coefficient (Wildman–Crippen LogP) is 2.58. The Labute approximate surface area is 165 Å². The topological polar surface area (TPSA) is 106 Å². The molecule has 6 nitrogen and oxygen atoms in total. The minimum Gasteiger partial charge on any atom is -0.490 e. The van der Waals surface area contributed by atoms with E-state index in [1.807, 2.05) is 72.8 Å². The molecule has 0 fully saturated rings. The van der Waals surface area contributed by atoms with E-state index in [2.05, 4.69) is 0 Å². The second-order valence-electron chi connectivity index (χ2n) is 6.19. The molecule has 0 saturated carbocycles. The van der Waals surface area contributed by atoms with Crippen molar-refractivity contribution in [3.63, 3.8) is 0 Å². The molecule has 7 heteroatoms. The second-order valence-corrected chi connectivity index (χ2v) is 6.19. The zero-order valence-corrected chi connectivity index (χ0v) is 15.6. The molecule has 0 spiro atoms. The van der Waals surface area contributed by atoms with Crippen LogP contribution in [0, 0.1) is 0 Å². The smallest absolute Gasteiger partial charge is 0.490 e. The summed E-state index contributed by atoms with van der Waals surface area (Å²) < 4.78 is 17.7. The van der Waals surface area contributed by atoms with Crippen LogP contribution >= 0.6 is 0 Å². The fourth-order valence-electron chi connectivity index (χ4n) is 2.52. The van der Waals surface area contributed by atoms with Crippen molar-refractivity contribution < 1.29 is 14.0 Å². The highest BCUT2D eigenvalue weighted by Crippen LogP contribution is 2.20. The summed E-state index contributed by atoms with van der Waals surface area (Å²) in [7, 11) is -0.976. The van der Waals surface area contributed by atoms with E-state index in [1.54, 1.807) is 0 Å². The molecule has 0 heterocycles. The molecular formula is C21H24BN3O3. The van der Waals surface area contributed by atoms with E-state index in [1.165, 1.54) is 0 Å². The van der Waals surface area contributed by atoms with E-state index in [0.29, 0.717) is 36.9 Å². The number of rotatable bonds is 9. The predicted molar refractivity (Wildman–Crippen MR) is 111 cm³/mol. The van der Waals surface area contributed by atoms with Gasteiger partial charge < -0.3 is 31.2 Å². The maximum Gasteiger partial charge on any atom is 0.864 e. The summed E-state index contributed by atoms with van der Waals surface area (Å²) in [6.07, 6.45) is 0. The minimum absolute atomic E-state index is 0.470. The zero-order valence-electron chi connectivity index (χ0n) is 15.6. The molecular weight excluding hydrogens is 353 g/mol. The molecule has 144 valence electrons. The van der Waals surface area contributed by atoms with Gasteiger partial charge in [0.1, 0.15) is 17.2 Å². The van der Waals surface area contributed by atoms with Crippen LogP contribution in [0.2, 0.25) is 0 Å². The molecule has 0 amide bonds. The molecule has 0 aliphatic heterocycles. The lowest BCUT2D eigenvalue weighted by atomic mass is 10.1. The van der Waals surface area contributed by atoms with Crippen molar-refractivity contribution in [1.82, 2.24) is 0 Å². The Kier molecular flexibility index (Phi) is 6.92. The van der Waals surface area contributed by atoms with Gasteiger partial charge in [0, 0.05) is 19.6 Å². The van der Waals surface area contributed by atoms with Crippen molar-refractivity contribution in [2.45, 2.75) is 19.6 Å². The molecule has 0 bridgehead atoms. The molecule has 0 saturated heterocycles. The minimum atomic E-state index is -0.976. The lowest BCUT2D eigenvalue weighted by molar-refractivity contribution is 0.307. The molecule has 0 aliphatic carbocycles. The van der Waals surface area contributed by atoms with Crippen molar-refractivity contribution >= 4 is 7.32 Å².